The predicted octanol–water partition coefficient (Wildman–Crippen LogP) is 6.87. The number of benzene rings is 2. The molecule has 0 aliphatic carbocycles. The topological polar surface area (TPSA) is 81.9 Å². The first-order valence-electron chi connectivity index (χ1n) is 12.8. The molecule has 196 valence electrons. The smallest absolute Gasteiger partial charge is 0.296 e. The minimum atomic E-state index is -0.778. The third-order valence-electron chi connectivity index (χ3n) is 6.74. The lowest BCUT2D eigenvalue weighted by Gasteiger charge is -2.25. The molecule has 0 saturated heterocycles. The third kappa shape index (κ3) is 4.74. The van der Waals surface area contributed by atoms with E-state index >= 15 is 0 Å². The number of carbonyl (C=O) groups excluding carboxylic acids is 1. The maximum absolute atomic E-state index is 13.8. The molecule has 8 heteroatoms. The second kappa shape index (κ2) is 10.9. The van der Waals surface area contributed by atoms with E-state index in [9.17, 15) is 9.59 Å². The van der Waals surface area contributed by atoms with Gasteiger partial charge in [-0.3, -0.25) is 14.5 Å². The molecular weight excluding hydrogens is 504 g/mol. The van der Waals surface area contributed by atoms with E-state index in [1.54, 1.807) is 37.4 Å². The van der Waals surface area contributed by atoms with Crippen molar-refractivity contribution in [3.05, 3.63) is 92.4 Å². The van der Waals surface area contributed by atoms with E-state index in [-0.39, 0.29) is 16.8 Å². The molecule has 1 unspecified atom stereocenters. The van der Waals surface area contributed by atoms with Crippen LogP contribution in [0.3, 0.4) is 0 Å². The lowest BCUT2D eigenvalue weighted by molar-refractivity contribution is 0.0970. The SMILES string of the molecule is CCCCCCOc1ccc(C2c3c(oc4ccc(C)cc4c3=O)C(=O)N2c2ccc(Cl)cn2)cc1OC. The Balaban J connectivity index is 1.63. The highest BCUT2D eigenvalue weighted by molar-refractivity contribution is 6.30. The molecule has 7 nitrogen and oxygen atoms in total. The molecule has 2 aromatic heterocycles. The van der Waals surface area contributed by atoms with Crippen LogP contribution in [0.5, 0.6) is 11.5 Å². The van der Waals surface area contributed by atoms with Gasteiger partial charge < -0.3 is 13.9 Å². The fraction of sp³-hybridized carbons (Fsp3) is 0.300. The van der Waals surface area contributed by atoms with Gasteiger partial charge in [0, 0.05) is 6.20 Å². The van der Waals surface area contributed by atoms with Gasteiger partial charge in [-0.05, 0) is 55.3 Å². The average molecular weight is 533 g/mol. The van der Waals surface area contributed by atoms with E-state index in [1.807, 2.05) is 25.1 Å². The first kappa shape index (κ1) is 25.8. The molecule has 3 heterocycles. The van der Waals surface area contributed by atoms with E-state index < -0.39 is 11.9 Å². The van der Waals surface area contributed by atoms with Crippen molar-refractivity contribution in [1.82, 2.24) is 4.98 Å². The van der Waals surface area contributed by atoms with Gasteiger partial charge >= 0.3 is 0 Å². The Bertz CT molecular complexity index is 1550. The number of hydrogen-bond acceptors (Lipinski definition) is 6. The van der Waals surface area contributed by atoms with Crippen molar-refractivity contribution in [2.75, 3.05) is 18.6 Å². The number of anilines is 1. The van der Waals surface area contributed by atoms with Crippen LogP contribution in [-0.4, -0.2) is 24.6 Å². The summed E-state index contributed by atoms with van der Waals surface area (Å²) in [5.74, 6) is 1.03. The molecule has 0 saturated carbocycles. The number of pyridine rings is 1. The molecule has 5 rings (SSSR count). The van der Waals surface area contributed by atoms with Crippen LogP contribution in [0, 0.1) is 6.92 Å². The highest BCUT2D eigenvalue weighted by atomic mass is 35.5. The molecule has 0 fully saturated rings. The number of halogens is 1. The van der Waals surface area contributed by atoms with Gasteiger partial charge in [0.25, 0.3) is 5.91 Å². The lowest BCUT2D eigenvalue weighted by Crippen LogP contribution is -2.30. The minimum Gasteiger partial charge on any atom is -0.493 e. The van der Waals surface area contributed by atoms with Crippen molar-refractivity contribution in [3.8, 4) is 11.5 Å². The van der Waals surface area contributed by atoms with Crippen LogP contribution in [0.25, 0.3) is 11.0 Å². The van der Waals surface area contributed by atoms with E-state index in [1.165, 1.54) is 17.5 Å². The van der Waals surface area contributed by atoms with Gasteiger partial charge in [-0.15, -0.1) is 0 Å². The van der Waals surface area contributed by atoms with Crippen LogP contribution in [-0.2, 0) is 0 Å². The Morgan fingerprint density at radius 3 is 2.61 bits per heavy atom. The predicted molar refractivity (Wildman–Crippen MR) is 148 cm³/mol. The Morgan fingerprint density at radius 1 is 1.03 bits per heavy atom. The van der Waals surface area contributed by atoms with Crippen molar-refractivity contribution < 1.29 is 18.7 Å². The summed E-state index contributed by atoms with van der Waals surface area (Å²) in [7, 11) is 1.57. The van der Waals surface area contributed by atoms with Crippen molar-refractivity contribution >= 4 is 34.3 Å². The Morgan fingerprint density at radius 2 is 1.87 bits per heavy atom. The first-order chi connectivity index (χ1) is 18.4. The van der Waals surface area contributed by atoms with Gasteiger partial charge in [-0.25, -0.2) is 4.98 Å². The van der Waals surface area contributed by atoms with Crippen LogP contribution < -0.4 is 19.8 Å². The quantitative estimate of drug-likeness (QED) is 0.219. The Kier molecular flexibility index (Phi) is 7.38. The number of rotatable bonds is 9. The maximum atomic E-state index is 13.8. The number of fused-ring (bicyclic) bond motifs is 2. The number of carbonyl (C=O) groups is 1. The molecular formula is C30H29ClN2O5. The first-order valence-corrected chi connectivity index (χ1v) is 13.1. The van der Waals surface area contributed by atoms with Gasteiger partial charge in [-0.1, -0.05) is 55.5 Å². The summed E-state index contributed by atoms with van der Waals surface area (Å²) < 4.78 is 17.7. The van der Waals surface area contributed by atoms with Crippen molar-refractivity contribution in [1.29, 1.82) is 0 Å². The van der Waals surface area contributed by atoms with E-state index in [4.69, 9.17) is 25.5 Å². The van der Waals surface area contributed by atoms with Crippen LogP contribution in [0.1, 0.15) is 65.9 Å². The number of nitrogens with zero attached hydrogens (tertiary/aromatic N) is 2. The lowest BCUT2D eigenvalue weighted by atomic mass is 9.97. The largest absolute Gasteiger partial charge is 0.493 e. The molecule has 1 aliphatic heterocycles. The zero-order valence-electron chi connectivity index (χ0n) is 21.6. The summed E-state index contributed by atoms with van der Waals surface area (Å²) in [6.45, 7) is 4.66. The molecule has 0 spiro atoms. The van der Waals surface area contributed by atoms with Crippen LogP contribution in [0.2, 0.25) is 5.02 Å². The van der Waals surface area contributed by atoms with Crippen LogP contribution in [0.4, 0.5) is 5.82 Å². The number of ether oxygens (including phenoxy) is 2. The van der Waals surface area contributed by atoms with Crippen molar-refractivity contribution in [2.45, 2.75) is 45.6 Å². The molecule has 0 N–H and O–H groups in total. The standard InChI is InChI=1S/C30H29ClN2O5/c1-4-5-6-7-14-37-23-12-9-19(16-24(23)36-3)27-26-28(34)21-15-18(2)8-11-22(21)38-29(26)30(35)33(27)25-13-10-20(31)17-32-25/h8-13,15-17,27H,4-7,14H2,1-3H3. The highest BCUT2D eigenvalue weighted by Gasteiger charge is 2.44. The van der Waals surface area contributed by atoms with Gasteiger partial charge in [0.2, 0.25) is 5.76 Å². The minimum absolute atomic E-state index is 0.00307. The van der Waals surface area contributed by atoms with Gasteiger partial charge in [0.1, 0.15) is 11.4 Å². The average Bonchev–Trinajstić information content (AvgIpc) is 3.22. The van der Waals surface area contributed by atoms with Crippen LogP contribution >= 0.6 is 11.6 Å². The number of aromatic nitrogens is 1. The molecule has 0 bridgehead atoms. The van der Waals surface area contributed by atoms with Crippen molar-refractivity contribution in [3.63, 3.8) is 0 Å². The Hall–Kier alpha value is -3.84. The Labute approximate surface area is 226 Å². The summed E-state index contributed by atoms with van der Waals surface area (Å²) >= 11 is 6.07. The molecule has 1 atom stereocenters. The number of hydrogen-bond donors (Lipinski definition) is 0. The monoisotopic (exact) mass is 532 g/mol. The molecule has 2 aromatic carbocycles. The number of amides is 1. The highest BCUT2D eigenvalue weighted by Crippen LogP contribution is 2.43. The number of aryl methyl sites for hydroxylation is 1. The number of methoxy groups -OCH3 is 1. The van der Waals surface area contributed by atoms with Crippen LogP contribution in [0.15, 0.2) is 63.9 Å². The fourth-order valence-corrected chi connectivity index (χ4v) is 4.95. The maximum Gasteiger partial charge on any atom is 0.296 e. The fourth-order valence-electron chi connectivity index (χ4n) is 4.83. The summed E-state index contributed by atoms with van der Waals surface area (Å²) in [5.41, 5.74) is 1.96. The summed E-state index contributed by atoms with van der Waals surface area (Å²) in [6.07, 6.45) is 5.84. The normalized spacial score (nSPS) is 14.7. The zero-order valence-corrected chi connectivity index (χ0v) is 22.4. The third-order valence-corrected chi connectivity index (χ3v) is 6.97. The second-order valence-electron chi connectivity index (χ2n) is 9.41. The van der Waals surface area contributed by atoms with E-state index in [2.05, 4.69) is 11.9 Å². The molecule has 38 heavy (non-hydrogen) atoms. The summed E-state index contributed by atoms with van der Waals surface area (Å²) in [4.78, 5) is 33.4. The van der Waals surface area contributed by atoms with E-state index in [0.717, 1.165) is 24.8 Å². The van der Waals surface area contributed by atoms with Gasteiger partial charge in [0.05, 0.1) is 35.7 Å². The molecule has 1 aliphatic rings. The van der Waals surface area contributed by atoms with Gasteiger partial charge in [0.15, 0.2) is 16.9 Å². The van der Waals surface area contributed by atoms with E-state index in [0.29, 0.717) is 45.5 Å². The molecule has 1 amide bonds. The van der Waals surface area contributed by atoms with Gasteiger partial charge in [-0.2, -0.15) is 0 Å². The summed E-state index contributed by atoms with van der Waals surface area (Å²) in [5, 5.41) is 0.860. The zero-order chi connectivity index (χ0) is 26.8. The second-order valence-corrected chi connectivity index (χ2v) is 9.84. The van der Waals surface area contributed by atoms with Crippen molar-refractivity contribution in [2.24, 2.45) is 0 Å². The molecule has 4 aromatic rings. The molecule has 0 radical (unpaired) electrons. The number of unbranched alkanes of at least 4 members (excludes halogenated alkanes) is 3. The summed E-state index contributed by atoms with van der Waals surface area (Å²) in [6, 6.07) is 13.3.